The van der Waals surface area contributed by atoms with Gasteiger partial charge < -0.3 is 19.3 Å². The maximum Gasteiger partial charge on any atom is 0.341 e. The lowest BCUT2D eigenvalue weighted by molar-refractivity contribution is -0.147. The number of anilines is 1. The lowest BCUT2D eigenvalue weighted by atomic mass is 10.2. The normalized spacial score (nSPS) is 10.6. The molecule has 0 saturated heterocycles. The van der Waals surface area contributed by atoms with Gasteiger partial charge in [0.1, 0.15) is 10.8 Å². The lowest BCUT2D eigenvalue weighted by Crippen LogP contribution is -2.21. The summed E-state index contributed by atoms with van der Waals surface area (Å²) >= 11 is 1.26. The fourth-order valence-corrected chi connectivity index (χ4v) is 3.73. The Kier molecular flexibility index (Phi) is 8.25. The number of nitrogens with zero attached hydrogens (tertiary/aromatic N) is 2. The first-order chi connectivity index (χ1) is 15.9. The third-order valence-electron chi connectivity index (χ3n) is 4.36. The van der Waals surface area contributed by atoms with Crippen molar-refractivity contribution in [2.45, 2.75) is 33.1 Å². The molecule has 0 spiro atoms. The van der Waals surface area contributed by atoms with E-state index in [1.807, 2.05) is 6.92 Å². The van der Waals surface area contributed by atoms with Crippen molar-refractivity contribution in [3.8, 4) is 11.4 Å². The largest absolute Gasteiger partial charge is 0.462 e. The highest BCUT2D eigenvalue weighted by atomic mass is 32.1. The molecule has 3 rings (SSSR count). The van der Waals surface area contributed by atoms with Gasteiger partial charge in [-0.1, -0.05) is 12.1 Å². The van der Waals surface area contributed by atoms with E-state index in [1.54, 1.807) is 13.0 Å². The summed E-state index contributed by atoms with van der Waals surface area (Å²) in [6, 6.07) is 7.27. The molecule has 0 saturated carbocycles. The molecule has 1 aromatic carbocycles. The van der Waals surface area contributed by atoms with Gasteiger partial charge in [-0.2, -0.15) is 4.98 Å². The lowest BCUT2D eigenvalue weighted by Gasteiger charge is -2.07. The van der Waals surface area contributed by atoms with Gasteiger partial charge in [-0.25, -0.2) is 9.18 Å². The first kappa shape index (κ1) is 24.1. The number of esters is 2. The molecule has 2 aromatic heterocycles. The summed E-state index contributed by atoms with van der Waals surface area (Å²) in [5.74, 6) is -1.62. The van der Waals surface area contributed by atoms with E-state index in [0.29, 0.717) is 17.0 Å². The van der Waals surface area contributed by atoms with Crippen molar-refractivity contribution in [2.24, 2.45) is 0 Å². The fraction of sp³-hybridized carbons (Fsp3) is 0.318. The Morgan fingerprint density at radius 3 is 2.61 bits per heavy atom. The van der Waals surface area contributed by atoms with Crippen LogP contribution in [0, 0.1) is 5.82 Å². The van der Waals surface area contributed by atoms with Crippen LogP contribution in [0.25, 0.3) is 11.4 Å². The summed E-state index contributed by atoms with van der Waals surface area (Å²) in [7, 11) is 0. The number of ether oxygens (including phenoxy) is 2. The molecule has 0 aliphatic carbocycles. The summed E-state index contributed by atoms with van der Waals surface area (Å²) in [6.45, 7) is 3.33. The minimum Gasteiger partial charge on any atom is -0.462 e. The smallest absolute Gasteiger partial charge is 0.341 e. The predicted molar refractivity (Wildman–Crippen MR) is 117 cm³/mol. The molecule has 0 unspecified atom stereocenters. The zero-order valence-electron chi connectivity index (χ0n) is 18.1. The van der Waals surface area contributed by atoms with Gasteiger partial charge >= 0.3 is 11.9 Å². The van der Waals surface area contributed by atoms with Crippen LogP contribution in [0.5, 0.6) is 0 Å². The topological polar surface area (TPSA) is 121 Å². The van der Waals surface area contributed by atoms with Crippen LogP contribution in [0.1, 0.15) is 41.4 Å². The average molecular weight is 475 g/mol. The Morgan fingerprint density at radius 1 is 1.15 bits per heavy atom. The van der Waals surface area contributed by atoms with Gasteiger partial charge in [0.15, 0.2) is 6.61 Å². The predicted octanol–water partition coefficient (Wildman–Crippen LogP) is 3.79. The third-order valence-corrected chi connectivity index (χ3v) is 5.55. The Hall–Kier alpha value is -3.60. The van der Waals surface area contributed by atoms with Gasteiger partial charge in [0, 0.05) is 16.9 Å². The molecule has 11 heteroatoms. The number of rotatable bonds is 10. The SMILES string of the molecule is CCOC(=O)c1cc(CC)sc1NC(=O)COC(=O)CCc1nc(-c2ccc(F)cc2)no1. The fourth-order valence-electron chi connectivity index (χ4n) is 2.73. The minimum absolute atomic E-state index is 0.0780. The van der Waals surface area contributed by atoms with Gasteiger partial charge in [0.05, 0.1) is 18.6 Å². The van der Waals surface area contributed by atoms with E-state index in [4.69, 9.17) is 14.0 Å². The summed E-state index contributed by atoms with van der Waals surface area (Å²) in [5.41, 5.74) is 0.847. The second-order valence-corrected chi connectivity index (χ2v) is 7.89. The molecule has 0 aliphatic rings. The van der Waals surface area contributed by atoms with E-state index in [0.717, 1.165) is 4.88 Å². The summed E-state index contributed by atoms with van der Waals surface area (Å²) in [6.07, 6.45) is 0.734. The number of amides is 1. The third kappa shape index (κ3) is 6.69. The van der Waals surface area contributed by atoms with Crippen LogP contribution in [0.4, 0.5) is 9.39 Å². The Labute approximate surface area is 192 Å². The summed E-state index contributed by atoms with van der Waals surface area (Å²) < 4.78 is 28.1. The molecule has 0 atom stereocenters. The van der Waals surface area contributed by atoms with E-state index in [2.05, 4.69) is 15.5 Å². The van der Waals surface area contributed by atoms with E-state index >= 15 is 0 Å². The first-order valence-corrected chi connectivity index (χ1v) is 11.0. The molecule has 0 radical (unpaired) electrons. The van der Waals surface area contributed by atoms with Gasteiger partial charge in [-0.15, -0.1) is 11.3 Å². The molecule has 1 amide bonds. The van der Waals surface area contributed by atoms with Crippen LogP contribution in [0.15, 0.2) is 34.9 Å². The van der Waals surface area contributed by atoms with Crippen molar-refractivity contribution in [3.63, 3.8) is 0 Å². The second kappa shape index (κ2) is 11.3. The highest BCUT2D eigenvalue weighted by molar-refractivity contribution is 7.16. The van der Waals surface area contributed by atoms with Gasteiger partial charge in [-0.05, 0) is 43.7 Å². The number of thiophene rings is 1. The highest BCUT2D eigenvalue weighted by Crippen LogP contribution is 2.29. The van der Waals surface area contributed by atoms with Crippen LogP contribution in [0.3, 0.4) is 0 Å². The van der Waals surface area contributed by atoms with Crippen molar-refractivity contribution in [2.75, 3.05) is 18.5 Å². The number of aryl methyl sites for hydroxylation is 2. The Bertz CT molecular complexity index is 1130. The molecule has 2 heterocycles. The molecule has 9 nitrogen and oxygen atoms in total. The first-order valence-electron chi connectivity index (χ1n) is 10.2. The Morgan fingerprint density at radius 2 is 1.91 bits per heavy atom. The van der Waals surface area contributed by atoms with Crippen molar-refractivity contribution in [3.05, 3.63) is 52.5 Å². The maximum absolute atomic E-state index is 13.0. The number of benzene rings is 1. The minimum atomic E-state index is -0.627. The highest BCUT2D eigenvalue weighted by Gasteiger charge is 2.19. The van der Waals surface area contributed by atoms with Crippen LogP contribution in [0.2, 0.25) is 0 Å². The molecule has 3 aromatic rings. The summed E-state index contributed by atoms with van der Waals surface area (Å²) in [5, 5.41) is 6.74. The van der Waals surface area contributed by atoms with E-state index < -0.39 is 24.5 Å². The zero-order valence-corrected chi connectivity index (χ0v) is 18.9. The monoisotopic (exact) mass is 475 g/mol. The molecular weight excluding hydrogens is 453 g/mol. The van der Waals surface area contributed by atoms with Crippen molar-refractivity contribution < 1.29 is 32.8 Å². The Balaban J connectivity index is 1.47. The second-order valence-electron chi connectivity index (χ2n) is 6.76. The van der Waals surface area contributed by atoms with Crippen LogP contribution in [-0.4, -0.2) is 41.2 Å². The quantitative estimate of drug-likeness (QED) is 0.440. The number of carbonyl (C=O) groups excluding carboxylic acids is 3. The molecule has 1 N–H and O–H groups in total. The zero-order chi connectivity index (χ0) is 23.8. The van der Waals surface area contributed by atoms with E-state index in [1.165, 1.54) is 35.6 Å². The number of halogens is 1. The molecule has 0 aliphatic heterocycles. The molecule has 0 bridgehead atoms. The standard InChI is InChI=1S/C22H22FN3O6S/c1-3-15-11-16(22(29)30-4-2)21(33-15)24-17(27)12-31-19(28)10-9-18-25-20(26-32-18)13-5-7-14(23)8-6-13/h5-8,11H,3-4,9-10,12H2,1-2H3,(H,24,27). The van der Waals surface area contributed by atoms with Gasteiger partial charge in [0.2, 0.25) is 11.7 Å². The van der Waals surface area contributed by atoms with Crippen LogP contribution >= 0.6 is 11.3 Å². The van der Waals surface area contributed by atoms with E-state index in [-0.39, 0.29) is 42.5 Å². The van der Waals surface area contributed by atoms with Crippen LogP contribution in [-0.2, 0) is 31.9 Å². The summed E-state index contributed by atoms with van der Waals surface area (Å²) in [4.78, 5) is 41.3. The van der Waals surface area contributed by atoms with Crippen molar-refractivity contribution >= 4 is 34.2 Å². The average Bonchev–Trinajstić information content (AvgIpc) is 3.44. The number of aromatic nitrogens is 2. The number of nitrogens with one attached hydrogen (secondary N) is 1. The molecule has 33 heavy (non-hydrogen) atoms. The number of carbonyl (C=O) groups is 3. The molecule has 174 valence electrons. The molecule has 0 fully saturated rings. The molecular formula is C22H22FN3O6S. The van der Waals surface area contributed by atoms with Crippen molar-refractivity contribution in [1.82, 2.24) is 10.1 Å². The maximum atomic E-state index is 13.0. The van der Waals surface area contributed by atoms with E-state index in [9.17, 15) is 18.8 Å². The van der Waals surface area contributed by atoms with Gasteiger partial charge in [-0.3, -0.25) is 9.59 Å². The number of hydrogen-bond donors (Lipinski definition) is 1. The van der Waals surface area contributed by atoms with Gasteiger partial charge in [0.25, 0.3) is 5.91 Å². The number of hydrogen-bond acceptors (Lipinski definition) is 9. The van der Waals surface area contributed by atoms with Crippen molar-refractivity contribution in [1.29, 1.82) is 0 Å². The van der Waals surface area contributed by atoms with Crippen LogP contribution < -0.4 is 5.32 Å².